The predicted molar refractivity (Wildman–Crippen MR) is 96.0 cm³/mol. The number of nitrogens with one attached hydrogen (secondary N) is 1. The van der Waals surface area contributed by atoms with Crippen LogP contribution in [-0.2, 0) is 22.6 Å². The van der Waals surface area contributed by atoms with E-state index in [9.17, 15) is 9.59 Å². The smallest absolute Gasteiger partial charge is 0.243 e. The Kier molecular flexibility index (Phi) is 5.66. The Morgan fingerprint density at radius 2 is 2.00 bits per heavy atom. The van der Waals surface area contributed by atoms with Crippen LogP contribution >= 0.6 is 11.6 Å². The number of hydrogen-bond donors (Lipinski definition) is 1. The van der Waals surface area contributed by atoms with Gasteiger partial charge in [0.15, 0.2) is 0 Å². The van der Waals surface area contributed by atoms with Crippen molar-refractivity contribution >= 4 is 23.4 Å². The van der Waals surface area contributed by atoms with Crippen molar-refractivity contribution in [3.05, 3.63) is 64.9 Å². The molecule has 6 heteroatoms. The fraction of sp³-hybridized carbons (Fsp3) is 0.316. The number of pyridine rings is 1. The number of benzene rings is 1. The van der Waals surface area contributed by atoms with Gasteiger partial charge in [0.1, 0.15) is 6.04 Å². The van der Waals surface area contributed by atoms with Crippen LogP contribution in [0.4, 0.5) is 0 Å². The maximum absolute atomic E-state index is 12.5. The number of rotatable bonds is 5. The van der Waals surface area contributed by atoms with E-state index >= 15 is 0 Å². The third-order valence-corrected chi connectivity index (χ3v) is 4.57. The molecule has 0 spiro atoms. The highest BCUT2D eigenvalue weighted by atomic mass is 35.5. The quantitative estimate of drug-likeness (QED) is 0.894. The number of aromatic nitrogens is 1. The van der Waals surface area contributed by atoms with Crippen LogP contribution in [0.3, 0.4) is 0 Å². The van der Waals surface area contributed by atoms with Crippen molar-refractivity contribution in [2.75, 3.05) is 6.54 Å². The van der Waals surface area contributed by atoms with Crippen molar-refractivity contribution < 1.29 is 9.59 Å². The molecule has 1 aliphatic heterocycles. The van der Waals surface area contributed by atoms with E-state index in [0.717, 1.165) is 17.7 Å². The highest BCUT2D eigenvalue weighted by molar-refractivity contribution is 6.30. The van der Waals surface area contributed by atoms with Gasteiger partial charge in [0, 0.05) is 30.0 Å². The number of likely N-dealkylation sites (tertiary alicyclic amines) is 1. The molecule has 2 heterocycles. The summed E-state index contributed by atoms with van der Waals surface area (Å²) >= 11 is 5.86. The van der Waals surface area contributed by atoms with Crippen LogP contribution in [0.2, 0.25) is 5.02 Å². The highest BCUT2D eigenvalue weighted by Gasteiger charge is 2.33. The molecular weight excluding hydrogens is 338 g/mol. The van der Waals surface area contributed by atoms with E-state index in [1.807, 2.05) is 30.3 Å². The van der Waals surface area contributed by atoms with E-state index in [0.29, 0.717) is 24.5 Å². The van der Waals surface area contributed by atoms with E-state index in [2.05, 4.69) is 10.3 Å². The Bertz CT molecular complexity index is 734. The summed E-state index contributed by atoms with van der Waals surface area (Å²) in [6.45, 7) is 1.04. The van der Waals surface area contributed by atoms with Gasteiger partial charge in [-0.15, -0.1) is 0 Å². The second kappa shape index (κ2) is 8.12. The van der Waals surface area contributed by atoms with E-state index in [1.54, 1.807) is 23.2 Å². The Labute approximate surface area is 152 Å². The molecule has 3 rings (SSSR count). The van der Waals surface area contributed by atoms with Crippen LogP contribution in [0.15, 0.2) is 48.7 Å². The number of hydrogen-bond acceptors (Lipinski definition) is 3. The largest absolute Gasteiger partial charge is 0.350 e. The lowest BCUT2D eigenvalue weighted by Crippen LogP contribution is -2.46. The average molecular weight is 358 g/mol. The number of nitrogens with zero attached hydrogens (tertiary/aromatic N) is 2. The SMILES string of the molecule is O=C(NCc1ccc(Cl)cc1)C1CCCN1C(=O)Cc1ccccn1. The zero-order chi connectivity index (χ0) is 17.6. The molecule has 2 amide bonds. The molecule has 1 unspecified atom stereocenters. The van der Waals surface area contributed by atoms with E-state index in [1.165, 1.54) is 0 Å². The van der Waals surface area contributed by atoms with E-state index in [4.69, 9.17) is 11.6 Å². The van der Waals surface area contributed by atoms with Gasteiger partial charge in [0.25, 0.3) is 0 Å². The zero-order valence-corrected chi connectivity index (χ0v) is 14.6. The van der Waals surface area contributed by atoms with Gasteiger partial charge in [0.2, 0.25) is 11.8 Å². The second-order valence-electron chi connectivity index (χ2n) is 6.09. The summed E-state index contributed by atoms with van der Waals surface area (Å²) in [5.74, 6) is -0.162. The summed E-state index contributed by atoms with van der Waals surface area (Å²) in [4.78, 5) is 30.9. The topological polar surface area (TPSA) is 62.3 Å². The van der Waals surface area contributed by atoms with E-state index < -0.39 is 6.04 Å². The Hall–Kier alpha value is -2.40. The molecule has 0 saturated carbocycles. The summed E-state index contributed by atoms with van der Waals surface area (Å²) in [5.41, 5.74) is 1.70. The minimum Gasteiger partial charge on any atom is -0.350 e. The minimum absolute atomic E-state index is 0.0529. The zero-order valence-electron chi connectivity index (χ0n) is 13.8. The first kappa shape index (κ1) is 17.4. The summed E-state index contributed by atoms with van der Waals surface area (Å²) in [6.07, 6.45) is 3.43. The Balaban J connectivity index is 1.57. The van der Waals surface area contributed by atoms with Gasteiger partial charge in [-0.1, -0.05) is 29.8 Å². The summed E-state index contributed by atoms with van der Waals surface area (Å²) in [6, 6.07) is 12.4. The molecule has 130 valence electrons. The molecular formula is C19H20ClN3O2. The molecule has 0 radical (unpaired) electrons. The number of carbonyl (C=O) groups excluding carboxylic acids is 2. The molecule has 0 bridgehead atoms. The maximum Gasteiger partial charge on any atom is 0.243 e. The van der Waals surface area contributed by atoms with Gasteiger partial charge in [-0.2, -0.15) is 0 Å². The Morgan fingerprint density at radius 1 is 1.20 bits per heavy atom. The summed E-state index contributed by atoms with van der Waals surface area (Å²) in [5, 5.41) is 3.58. The molecule has 1 aromatic heterocycles. The molecule has 1 N–H and O–H groups in total. The van der Waals surface area contributed by atoms with Crippen LogP contribution in [0.1, 0.15) is 24.1 Å². The molecule has 1 aliphatic rings. The van der Waals surface area contributed by atoms with Crippen LogP contribution in [0, 0.1) is 0 Å². The third-order valence-electron chi connectivity index (χ3n) is 4.31. The van der Waals surface area contributed by atoms with E-state index in [-0.39, 0.29) is 18.2 Å². The highest BCUT2D eigenvalue weighted by Crippen LogP contribution is 2.19. The molecule has 25 heavy (non-hydrogen) atoms. The molecule has 2 aromatic rings. The minimum atomic E-state index is -0.400. The lowest BCUT2D eigenvalue weighted by Gasteiger charge is -2.24. The van der Waals surface area contributed by atoms with Crippen molar-refractivity contribution in [3.8, 4) is 0 Å². The van der Waals surface area contributed by atoms with Crippen LogP contribution in [0.25, 0.3) is 0 Å². The standard InChI is InChI=1S/C19H20ClN3O2/c20-15-8-6-14(7-9-15)13-22-19(25)17-5-3-11-23(17)18(24)12-16-4-1-2-10-21-16/h1-2,4,6-10,17H,3,5,11-13H2,(H,22,25). The van der Waals surface area contributed by atoms with Gasteiger partial charge < -0.3 is 10.2 Å². The fourth-order valence-electron chi connectivity index (χ4n) is 3.01. The van der Waals surface area contributed by atoms with Gasteiger partial charge in [0.05, 0.1) is 6.42 Å². The van der Waals surface area contributed by atoms with Crippen molar-refractivity contribution in [1.29, 1.82) is 0 Å². The summed E-state index contributed by atoms with van der Waals surface area (Å²) < 4.78 is 0. The van der Waals surface area contributed by atoms with Crippen molar-refractivity contribution in [2.45, 2.75) is 31.8 Å². The fourth-order valence-corrected chi connectivity index (χ4v) is 3.13. The molecule has 1 atom stereocenters. The lowest BCUT2D eigenvalue weighted by atomic mass is 10.1. The second-order valence-corrected chi connectivity index (χ2v) is 6.52. The predicted octanol–water partition coefficient (Wildman–Crippen LogP) is 2.58. The van der Waals surface area contributed by atoms with Gasteiger partial charge in [-0.3, -0.25) is 14.6 Å². The monoisotopic (exact) mass is 357 g/mol. The van der Waals surface area contributed by atoms with Gasteiger partial charge in [-0.25, -0.2) is 0 Å². The number of carbonyl (C=O) groups is 2. The molecule has 1 saturated heterocycles. The first-order chi connectivity index (χ1) is 12.1. The van der Waals surface area contributed by atoms with Crippen molar-refractivity contribution in [3.63, 3.8) is 0 Å². The molecule has 0 aliphatic carbocycles. The van der Waals surface area contributed by atoms with Crippen LogP contribution < -0.4 is 5.32 Å². The first-order valence-corrected chi connectivity index (χ1v) is 8.73. The average Bonchev–Trinajstić information content (AvgIpc) is 3.12. The first-order valence-electron chi connectivity index (χ1n) is 8.35. The van der Waals surface area contributed by atoms with Crippen molar-refractivity contribution in [1.82, 2.24) is 15.2 Å². The van der Waals surface area contributed by atoms with Crippen LogP contribution in [-0.4, -0.2) is 34.3 Å². The third kappa shape index (κ3) is 4.57. The molecule has 1 aromatic carbocycles. The number of amides is 2. The lowest BCUT2D eigenvalue weighted by molar-refractivity contribution is -0.138. The maximum atomic E-state index is 12.5. The normalized spacial score (nSPS) is 16.7. The molecule has 1 fully saturated rings. The van der Waals surface area contributed by atoms with Gasteiger partial charge >= 0.3 is 0 Å². The Morgan fingerprint density at radius 3 is 2.72 bits per heavy atom. The van der Waals surface area contributed by atoms with Crippen molar-refractivity contribution in [2.24, 2.45) is 0 Å². The van der Waals surface area contributed by atoms with Gasteiger partial charge in [-0.05, 0) is 42.7 Å². The van der Waals surface area contributed by atoms with Crippen LogP contribution in [0.5, 0.6) is 0 Å². The molecule has 5 nitrogen and oxygen atoms in total. The number of halogens is 1. The summed E-state index contributed by atoms with van der Waals surface area (Å²) in [7, 11) is 0.